The third-order valence-corrected chi connectivity index (χ3v) is 6.36. The first-order chi connectivity index (χ1) is 18.0. The normalized spacial score (nSPS) is 11.2. The topological polar surface area (TPSA) is 116 Å². The predicted octanol–water partition coefficient (Wildman–Crippen LogP) is 5.36. The highest BCUT2D eigenvalue weighted by atomic mass is 35.5. The molecule has 0 saturated carbocycles. The molecule has 3 N–H and O–H groups in total. The fourth-order valence-electron chi connectivity index (χ4n) is 4.33. The monoisotopic (exact) mass is 506 g/mol. The molecule has 180 valence electrons. The smallest absolute Gasteiger partial charge is 0.253 e. The van der Waals surface area contributed by atoms with Gasteiger partial charge in [0.2, 0.25) is 5.91 Å². The SMILES string of the molecule is O=C(Cc1cc2cc(-c3cc(Cl)c4[nH]ncc4c3)c(-c3ccccc3)nc2[nH]c1=O)Nc1cccnc1. The molecule has 8 nitrogen and oxygen atoms in total. The number of fused-ring (bicyclic) bond motifs is 2. The highest BCUT2D eigenvalue weighted by molar-refractivity contribution is 6.35. The molecule has 4 aromatic heterocycles. The van der Waals surface area contributed by atoms with E-state index in [2.05, 4.69) is 25.5 Å². The van der Waals surface area contributed by atoms with Crippen molar-refractivity contribution in [2.45, 2.75) is 6.42 Å². The molecule has 0 aliphatic heterocycles. The molecule has 1 amide bonds. The zero-order chi connectivity index (χ0) is 25.4. The van der Waals surface area contributed by atoms with Crippen molar-refractivity contribution in [3.63, 3.8) is 0 Å². The third-order valence-electron chi connectivity index (χ3n) is 6.06. The van der Waals surface area contributed by atoms with Gasteiger partial charge in [-0.1, -0.05) is 41.9 Å². The van der Waals surface area contributed by atoms with Gasteiger partial charge in [-0.05, 0) is 42.0 Å². The number of carbonyl (C=O) groups excluding carboxylic acids is 1. The summed E-state index contributed by atoms with van der Waals surface area (Å²) in [5.41, 5.74) is 5.00. The molecule has 9 heteroatoms. The van der Waals surface area contributed by atoms with E-state index in [4.69, 9.17) is 16.6 Å². The van der Waals surface area contributed by atoms with Crippen LogP contribution in [-0.2, 0) is 11.2 Å². The van der Waals surface area contributed by atoms with Crippen molar-refractivity contribution >= 4 is 45.1 Å². The first kappa shape index (κ1) is 22.6. The van der Waals surface area contributed by atoms with Crippen LogP contribution < -0.4 is 10.9 Å². The Bertz CT molecular complexity index is 1830. The second-order valence-corrected chi connectivity index (χ2v) is 8.98. The van der Waals surface area contributed by atoms with Crippen molar-refractivity contribution in [3.8, 4) is 22.4 Å². The summed E-state index contributed by atoms with van der Waals surface area (Å²) in [6.07, 6.45) is 4.79. The van der Waals surface area contributed by atoms with Crippen molar-refractivity contribution in [2.24, 2.45) is 0 Å². The van der Waals surface area contributed by atoms with Crippen LogP contribution in [0.1, 0.15) is 5.56 Å². The first-order valence-electron chi connectivity index (χ1n) is 11.5. The Labute approximate surface area is 215 Å². The lowest BCUT2D eigenvalue weighted by Crippen LogP contribution is -2.21. The zero-order valence-electron chi connectivity index (χ0n) is 19.3. The molecule has 6 aromatic rings. The van der Waals surface area contributed by atoms with Crippen LogP contribution in [-0.4, -0.2) is 31.1 Å². The summed E-state index contributed by atoms with van der Waals surface area (Å²) < 4.78 is 0. The number of aromatic nitrogens is 5. The van der Waals surface area contributed by atoms with Crippen molar-refractivity contribution in [2.75, 3.05) is 5.32 Å². The van der Waals surface area contributed by atoms with Crippen molar-refractivity contribution in [3.05, 3.63) is 106 Å². The highest BCUT2D eigenvalue weighted by Gasteiger charge is 2.16. The average molecular weight is 507 g/mol. The standard InChI is InChI=1S/C28H19ClN6O2/c29-23-12-17(9-20-14-31-35-26(20)23)22-11-18-10-19(13-24(36)32-21-7-4-8-30-15-21)28(37)34-27(18)33-25(22)16-5-2-1-3-6-16/h1-12,14-15H,13H2,(H,31,35)(H,32,36)(H,33,34,37). The second-order valence-electron chi connectivity index (χ2n) is 8.57. The molecule has 6 rings (SSSR count). The Hall–Kier alpha value is -4.82. The predicted molar refractivity (Wildman–Crippen MR) is 144 cm³/mol. The third kappa shape index (κ3) is 4.46. The lowest BCUT2D eigenvalue weighted by molar-refractivity contribution is -0.115. The number of pyridine rings is 3. The van der Waals surface area contributed by atoms with Crippen LogP contribution in [0.5, 0.6) is 0 Å². The van der Waals surface area contributed by atoms with Crippen LogP contribution in [0, 0.1) is 0 Å². The van der Waals surface area contributed by atoms with E-state index in [-0.39, 0.29) is 17.9 Å². The van der Waals surface area contributed by atoms with Gasteiger partial charge in [-0.25, -0.2) is 4.98 Å². The van der Waals surface area contributed by atoms with Crippen LogP contribution in [0.4, 0.5) is 5.69 Å². The number of halogens is 1. The molecule has 0 spiro atoms. The number of hydrogen-bond acceptors (Lipinski definition) is 5. The van der Waals surface area contributed by atoms with E-state index in [1.165, 1.54) is 0 Å². The number of anilines is 1. The Morgan fingerprint density at radius 1 is 0.946 bits per heavy atom. The van der Waals surface area contributed by atoms with Gasteiger partial charge in [-0.3, -0.25) is 19.7 Å². The van der Waals surface area contributed by atoms with Crippen molar-refractivity contribution in [1.82, 2.24) is 25.1 Å². The number of H-pyrrole nitrogens is 2. The van der Waals surface area contributed by atoms with Gasteiger partial charge in [-0.2, -0.15) is 5.10 Å². The Morgan fingerprint density at radius 3 is 2.62 bits per heavy atom. The maximum absolute atomic E-state index is 12.9. The van der Waals surface area contributed by atoms with E-state index in [1.807, 2.05) is 48.5 Å². The molecule has 0 atom stereocenters. The molecular formula is C28H19ClN6O2. The molecule has 0 radical (unpaired) electrons. The molecule has 2 aromatic carbocycles. The minimum atomic E-state index is -0.365. The van der Waals surface area contributed by atoms with Crippen molar-refractivity contribution in [1.29, 1.82) is 0 Å². The summed E-state index contributed by atoms with van der Waals surface area (Å²) in [4.78, 5) is 37.2. The summed E-state index contributed by atoms with van der Waals surface area (Å²) in [5.74, 6) is -0.316. The van der Waals surface area contributed by atoms with E-state index in [1.54, 1.807) is 36.8 Å². The zero-order valence-corrected chi connectivity index (χ0v) is 20.1. The number of benzene rings is 2. The Morgan fingerprint density at radius 2 is 1.81 bits per heavy atom. The quantitative estimate of drug-likeness (QED) is 0.291. The molecule has 37 heavy (non-hydrogen) atoms. The van der Waals surface area contributed by atoms with Crippen LogP contribution >= 0.6 is 11.6 Å². The van der Waals surface area contributed by atoms with Gasteiger partial charge in [0.25, 0.3) is 5.56 Å². The summed E-state index contributed by atoms with van der Waals surface area (Å²) in [7, 11) is 0. The molecule has 0 unspecified atom stereocenters. The Balaban J connectivity index is 1.47. The summed E-state index contributed by atoms with van der Waals surface area (Å²) in [6, 6.07) is 20.7. The van der Waals surface area contributed by atoms with Crippen LogP contribution in [0.25, 0.3) is 44.3 Å². The number of amides is 1. The van der Waals surface area contributed by atoms with Crippen LogP contribution in [0.15, 0.2) is 90.1 Å². The number of hydrogen-bond donors (Lipinski definition) is 3. The molecule has 0 bridgehead atoms. The van der Waals surface area contributed by atoms with Crippen molar-refractivity contribution < 1.29 is 4.79 Å². The van der Waals surface area contributed by atoms with Gasteiger partial charge in [0, 0.05) is 33.7 Å². The minimum absolute atomic E-state index is 0.0945. The van der Waals surface area contributed by atoms with Crippen LogP contribution in [0.2, 0.25) is 5.02 Å². The molecule has 0 aliphatic rings. The molecule has 0 fully saturated rings. The average Bonchev–Trinajstić information content (AvgIpc) is 3.39. The van der Waals surface area contributed by atoms with Gasteiger partial charge >= 0.3 is 0 Å². The minimum Gasteiger partial charge on any atom is -0.324 e. The highest BCUT2D eigenvalue weighted by Crippen LogP contribution is 2.36. The van der Waals surface area contributed by atoms with Gasteiger partial charge in [0.1, 0.15) is 5.65 Å². The maximum Gasteiger partial charge on any atom is 0.253 e. The van der Waals surface area contributed by atoms with Gasteiger partial charge in [0.15, 0.2) is 0 Å². The Kier molecular flexibility index (Phi) is 5.71. The van der Waals surface area contributed by atoms with Crippen LogP contribution in [0.3, 0.4) is 0 Å². The summed E-state index contributed by atoms with van der Waals surface area (Å²) >= 11 is 6.55. The largest absolute Gasteiger partial charge is 0.324 e. The van der Waals surface area contributed by atoms with E-state index >= 15 is 0 Å². The van der Waals surface area contributed by atoms with E-state index in [0.717, 1.165) is 27.6 Å². The molecule has 0 saturated heterocycles. The van der Waals surface area contributed by atoms with Gasteiger partial charge < -0.3 is 10.3 Å². The lowest BCUT2D eigenvalue weighted by Gasteiger charge is -2.13. The number of carbonyl (C=O) groups is 1. The van der Waals surface area contributed by atoms with E-state index in [0.29, 0.717) is 33.0 Å². The fraction of sp³-hybridized carbons (Fsp3) is 0.0357. The van der Waals surface area contributed by atoms with E-state index < -0.39 is 0 Å². The number of aromatic amines is 2. The number of nitrogens with one attached hydrogen (secondary N) is 3. The van der Waals surface area contributed by atoms with E-state index in [9.17, 15) is 9.59 Å². The molecule has 0 aliphatic carbocycles. The first-order valence-corrected chi connectivity index (χ1v) is 11.9. The number of nitrogens with zero attached hydrogens (tertiary/aromatic N) is 3. The summed E-state index contributed by atoms with van der Waals surface area (Å²) in [6.45, 7) is 0. The second kappa shape index (κ2) is 9.33. The molecule has 4 heterocycles. The van der Waals surface area contributed by atoms with Gasteiger partial charge in [-0.15, -0.1) is 0 Å². The lowest BCUT2D eigenvalue weighted by atomic mass is 9.97. The summed E-state index contributed by atoms with van der Waals surface area (Å²) in [5, 5.41) is 11.9. The molecular weight excluding hydrogens is 488 g/mol. The maximum atomic E-state index is 12.9. The number of rotatable bonds is 5. The fourth-order valence-corrected chi connectivity index (χ4v) is 4.60. The van der Waals surface area contributed by atoms with Gasteiger partial charge in [0.05, 0.1) is 40.7 Å².